The molecule has 0 saturated carbocycles. The van der Waals surface area contributed by atoms with Crippen molar-refractivity contribution < 1.29 is 9.59 Å². The Bertz CT molecular complexity index is 1130. The minimum Gasteiger partial charge on any atom is -0.323 e. The van der Waals surface area contributed by atoms with Gasteiger partial charge in [-0.2, -0.15) is 5.10 Å². The smallest absolute Gasteiger partial charge is 0.228 e. The molecule has 2 N–H and O–H groups in total. The van der Waals surface area contributed by atoms with Crippen LogP contribution in [-0.4, -0.2) is 51.1 Å². The molecule has 1 saturated heterocycles. The van der Waals surface area contributed by atoms with Crippen LogP contribution in [0.3, 0.4) is 0 Å². The third-order valence-electron chi connectivity index (χ3n) is 6.33. The predicted octanol–water partition coefficient (Wildman–Crippen LogP) is 3.87. The molecule has 0 aliphatic carbocycles. The zero-order valence-electron chi connectivity index (χ0n) is 20.0. The van der Waals surface area contributed by atoms with Crippen LogP contribution >= 0.6 is 0 Å². The Morgan fingerprint density at radius 1 is 1.00 bits per heavy atom. The predicted molar refractivity (Wildman–Crippen MR) is 133 cm³/mol. The number of pyridine rings is 1. The summed E-state index contributed by atoms with van der Waals surface area (Å²) < 4.78 is 1.85. The molecule has 1 aliphatic rings. The van der Waals surface area contributed by atoms with Gasteiger partial charge in [0.1, 0.15) is 5.82 Å². The first-order chi connectivity index (χ1) is 16.4. The summed E-state index contributed by atoms with van der Waals surface area (Å²) in [6.07, 6.45) is 3.71. The second kappa shape index (κ2) is 10.6. The summed E-state index contributed by atoms with van der Waals surface area (Å²) in [5.74, 6) is 0.567. The van der Waals surface area contributed by atoms with Crippen LogP contribution in [-0.2, 0) is 9.59 Å². The molecule has 0 spiro atoms. The Balaban J connectivity index is 1.24. The van der Waals surface area contributed by atoms with Crippen molar-refractivity contribution >= 4 is 23.3 Å². The first kappa shape index (κ1) is 23.6. The molecule has 1 aliphatic heterocycles. The van der Waals surface area contributed by atoms with E-state index in [-0.39, 0.29) is 17.7 Å². The van der Waals surface area contributed by atoms with Crippen LogP contribution in [0, 0.1) is 26.7 Å². The van der Waals surface area contributed by atoms with E-state index in [9.17, 15) is 9.59 Å². The number of carbonyl (C=O) groups is 2. The minimum absolute atomic E-state index is 0.0233. The number of likely N-dealkylation sites (tertiary alicyclic amines) is 1. The average molecular weight is 461 g/mol. The van der Waals surface area contributed by atoms with Gasteiger partial charge in [-0.05, 0) is 70.5 Å². The Morgan fingerprint density at radius 3 is 2.41 bits per heavy atom. The molecule has 3 aromatic rings. The van der Waals surface area contributed by atoms with Gasteiger partial charge in [0, 0.05) is 25.1 Å². The highest BCUT2D eigenvalue weighted by Gasteiger charge is 2.25. The fourth-order valence-corrected chi connectivity index (χ4v) is 4.29. The molecule has 4 rings (SSSR count). The van der Waals surface area contributed by atoms with Gasteiger partial charge in [0.05, 0.1) is 22.8 Å². The first-order valence-corrected chi connectivity index (χ1v) is 11.8. The lowest BCUT2D eigenvalue weighted by molar-refractivity contribution is -0.121. The molecule has 3 heterocycles. The number of nitrogens with one attached hydrogen (secondary N) is 2. The number of hydrogen-bond acceptors (Lipinski definition) is 5. The molecule has 8 heteroatoms. The molecular formula is C26H32N6O2. The Morgan fingerprint density at radius 2 is 1.74 bits per heavy atom. The van der Waals surface area contributed by atoms with Crippen molar-refractivity contribution in [3.05, 3.63) is 65.6 Å². The van der Waals surface area contributed by atoms with Crippen molar-refractivity contribution in [1.29, 1.82) is 0 Å². The third-order valence-corrected chi connectivity index (χ3v) is 6.33. The lowest BCUT2D eigenvalue weighted by atomic mass is 9.96. The Kier molecular flexibility index (Phi) is 7.37. The van der Waals surface area contributed by atoms with Crippen LogP contribution in [0.5, 0.6) is 0 Å². The summed E-state index contributed by atoms with van der Waals surface area (Å²) in [5.41, 5.74) is 4.50. The van der Waals surface area contributed by atoms with E-state index in [0.717, 1.165) is 54.3 Å². The summed E-state index contributed by atoms with van der Waals surface area (Å²) >= 11 is 0. The number of aryl methyl sites for hydroxylation is 2. The average Bonchev–Trinajstić information content (AvgIpc) is 3.13. The maximum atomic E-state index is 12.7. The summed E-state index contributed by atoms with van der Waals surface area (Å²) in [6.45, 7) is 8.11. The van der Waals surface area contributed by atoms with E-state index >= 15 is 0 Å². The number of piperidine rings is 1. The van der Waals surface area contributed by atoms with Crippen LogP contribution in [0.1, 0.15) is 36.2 Å². The van der Waals surface area contributed by atoms with Crippen molar-refractivity contribution in [2.75, 3.05) is 30.3 Å². The van der Waals surface area contributed by atoms with Gasteiger partial charge in [0.2, 0.25) is 11.8 Å². The van der Waals surface area contributed by atoms with E-state index in [4.69, 9.17) is 0 Å². The molecule has 0 bridgehead atoms. The van der Waals surface area contributed by atoms with Gasteiger partial charge in [-0.25, -0.2) is 9.67 Å². The monoisotopic (exact) mass is 460 g/mol. The van der Waals surface area contributed by atoms with Crippen LogP contribution in [0.25, 0.3) is 5.69 Å². The Labute approximate surface area is 200 Å². The van der Waals surface area contributed by atoms with E-state index in [0.29, 0.717) is 18.8 Å². The summed E-state index contributed by atoms with van der Waals surface area (Å²) in [6, 6.07) is 13.7. The number of nitrogens with zero attached hydrogens (tertiary/aromatic N) is 4. The zero-order chi connectivity index (χ0) is 24.1. The van der Waals surface area contributed by atoms with Crippen molar-refractivity contribution in [1.82, 2.24) is 19.7 Å². The molecule has 1 aromatic carbocycles. The number of para-hydroxylation sites is 1. The van der Waals surface area contributed by atoms with Gasteiger partial charge in [-0.1, -0.05) is 24.3 Å². The largest absolute Gasteiger partial charge is 0.323 e. The number of amides is 2. The standard InChI is InChI=1S/C26H32N6O2/c1-18-9-10-23(27-17-18)28-26(34)21-11-14-31(15-12-21)16-13-24(33)29-25-19(2)30-32(20(25)3)22-7-5-4-6-8-22/h4-10,17,21H,11-16H2,1-3H3,(H,29,33)(H,27,28,34). The van der Waals surface area contributed by atoms with Crippen molar-refractivity contribution in [3.8, 4) is 5.69 Å². The number of carbonyl (C=O) groups excluding carboxylic acids is 2. The molecule has 178 valence electrons. The van der Waals surface area contributed by atoms with Gasteiger partial charge in [-0.15, -0.1) is 0 Å². The Hall–Kier alpha value is -3.52. The zero-order valence-corrected chi connectivity index (χ0v) is 20.0. The highest BCUT2D eigenvalue weighted by molar-refractivity contribution is 5.92. The number of benzene rings is 1. The van der Waals surface area contributed by atoms with E-state index in [1.54, 1.807) is 6.20 Å². The van der Waals surface area contributed by atoms with Gasteiger partial charge in [0.15, 0.2) is 0 Å². The fraction of sp³-hybridized carbons (Fsp3) is 0.385. The molecule has 2 amide bonds. The van der Waals surface area contributed by atoms with Gasteiger partial charge in [-0.3, -0.25) is 9.59 Å². The van der Waals surface area contributed by atoms with Crippen LogP contribution in [0.15, 0.2) is 48.7 Å². The van der Waals surface area contributed by atoms with Gasteiger partial charge in [0.25, 0.3) is 0 Å². The topological polar surface area (TPSA) is 92.2 Å². The molecule has 0 radical (unpaired) electrons. The first-order valence-electron chi connectivity index (χ1n) is 11.8. The lowest BCUT2D eigenvalue weighted by Crippen LogP contribution is -2.39. The van der Waals surface area contributed by atoms with Crippen molar-refractivity contribution in [2.45, 2.75) is 40.0 Å². The highest BCUT2D eigenvalue weighted by Crippen LogP contribution is 2.23. The molecule has 8 nitrogen and oxygen atoms in total. The summed E-state index contributed by atoms with van der Waals surface area (Å²) in [5, 5.41) is 10.6. The van der Waals surface area contributed by atoms with Crippen LogP contribution in [0.4, 0.5) is 11.5 Å². The van der Waals surface area contributed by atoms with E-state index < -0.39 is 0 Å². The number of rotatable bonds is 7. The second-order valence-electron chi connectivity index (χ2n) is 8.92. The van der Waals surface area contributed by atoms with Crippen LogP contribution < -0.4 is 10.6 Å². The van der Waals surface area contributed by atoms with E-state index in [2.05, 4.69) is 25.6 Å². The quantitative estimate of drug-likeness (QED) is 0.558. The van der Waals surface area contributed by atoms with Gasteiger partial charge >= 0.3 is 0 Å². The van der Waals surface area contributed by atoms with Crippen molar-refractivity contribution in [2.24, 2.45) is 5.92 Å². The normalized spacial score (nSPS) is 14.7. The third kappa shape index (κ3) is 5.69. The minimum atomic E-state index is -0.0256. The van der Waals surface area contributed by atoms with E-state index in [1.165, 1.54) is 0 Å². The number of hydrogen-bond donors (Lipinski definition) is 2. The maximum absolute atomic E-state index is 12.7. The molecule has 0 atom stereocenters. The molecule has 0 unspecified atom stereocenters. The highest BCUT2D eigenvalue weighted by atomic mass is 16.2. The molecular weight excluding hydrogens is 428 g/mol. The maximum Gasteiger partial charge on any atom is 0.228 e. The van der Waals surface area contributed by atoms with Crippen LogP contribution in [0.2, 0.25) is 0 Å². The number of aromatic nitrogens is 3. The van der Waals surface area contributed by atoms with Crippen molar-refractivity contribution in [3.63, 3.8) is 0 Å². The molecule has 34 heavy (non-hydrogen) atoms. The number of anilines is 2. The summed E-state index contributed by atoms with van der Waals surface area (Å²) in [4.78, 5) is 31.7. The lowest BCUT2D eigenvalue weighted by Gasteiger charge is -2.31. The SMILES string of the molecule is Cc1ccc(NC(=O)C2CCN(CCC(=O)Nc3c(C)nn(-c4ccccc4)c3C)CC2)nc1. The fourth-order valence-electron chi connectivity index (χ4n) is 4.29. The second-order valence-corrected chi connectivity index (χ2v) is 8.92. The van der Waals surface area contributed by atoms with E-state index in [1.807, 2.05) is 67.9 Å². The van der Waals surface area contributed by atoms with Gasteiger partial charge < -0.3 is 15.5 Å². The summed E-state index contributed by atoms with van der Waals surface area (Å²) in [7, 11) is 0. The molecule has 2 aromatic heterocycles. The molecule has 1 fully saturated rings.